The molecule has 1 aromatic heterocycles. The third-order valence-corrected chi connectivity index (χ3v) is 1.71. The Morgan fingerprint density at radius 2 is 2.25 bits per heavy atom. The summed E-state index contributed by atoms with van der Waals surface area (Å²) in [6.45, 7) is 5.26. The van der Waals surface area contributed by atoms with Crippen LogP contribution in [0.15, 0.2) is 12.5 Å². The van der Waals surface area contributed by atoms with Gasteiger partial charge in [-0.3, -0.25) is 4.79 Å². The molecule has 6 nitrogen and oxygen atoms in total. The lowest BCUT2D eigenvalue weighted by Crippen LogP contribution is -2.34. The van der Waals surface area contributed by atoms with Crippen molar-refractivity contribution < 1.29 is 14.3 Å². The number of nitrogens with two attached hydrogens (primary N) is 1. The minimum absolute atomic E-state index is 0.221. The molecule has 1 heterocycles. The zero-order chi connectivity index (χ0) is 12.3. The van der Waals surface area contributed by atoms with Crippen molar-refractivity contribution in [2.75, 3.05) is 0 Å². The van der Waals surface area contributed by atoms with Crippen LogP contribution in [0.3, 0.4) is 0 Å². The SMILES string of the molecule is CC(C)(C)OC(=O)C(N)n1cnc(C=O)c1. The Balaban J connectivity index is 2.74. The molecule has 88 valence electrons. The van der Waals surface area contributed by atoms with E-state index in [1.54, 1.807) is 20.8 Å². The van der Waals surface area contributed by atoms with Gasteiger partial charge in [0.15, 0.2) is 12.5 Å². The van der Waals surface area contributed by atoms with E-state index in [2.05, 4.69) is 4.98 Å². The maximum absolute atomic E-state index is 11.6. The van der Waals surface area contributed by atoms with Gasteiger partial charge >= 0.3 is 5.97 Å². The Labute approximate surface area is 93.4 Å². The van der Waals surface area contributed by atoms with E-state index >= 15 is 0 Å². The largest absolute Gasteiger partial charge is 0.457 e. The summed E-state index contributed by atoms with van der Waals surface area (Å²) in [4.78, 5) is 25.7. The first-order chi connectivity index (χ1) is 7.33. The molecule has 0 fully saturated rings. The maximum Gasteiger partial charge on any atom is 0.344 e. The van der Waals surface area contributed by atoms with Crippen LogP contribution in [0, 0.1) is 0 Å². The number of hydrogen-bond acceptors (Lipinski definition) is 5. The molecule has 1 rings (SSSR count). The van der Waals surface area contributed by atoms with E-state index in [9.17, 15) is 9.59 Å². The first-order valence-corrected chi connectivity index (χ1v) is 4.80. The molecule has 2 N–H and O–H groups in total. The van der Waals surface area contributed by atoms with Crippen LogP contribution in [-0.2, 0) is 9.53 Å². The molecule has 1 atom stereocenters. The molecule has 1 unspecified atom stereocenters. The zero-order valence-electron chi connectivity index (χ0n) is 9.51. The van der Waals surface area contributed by atoms with Crippen LogP contribution in [0.1, 0.15) is 37.4 Å². The van der Waals surface area contributed by atoms with E-state index in [0.29, 0.717) is 6.29 Å². The van der Waals surface area contributed by atoms with Crippen LogP contribution in [0.4, 0.5) is 0 Å². The normalized spacial score (nSPS) is 13.2. The van der Waals surface area contributed by atoms with Crippen molar-refractivity contribution in [1.29, 1.82) is 0 Å². The Morgan fingerprint density at radius 1 is 1.62 bits per heavy atom. The van der Waals surface area contributed by atoms with Crippen LogP contribution in [0.5, 0.6) is 0 Å². The average Bonchev–Trinajstić information content (AvgIpc) is 2.61. The summed E-state index contributed by atoms with van der Waals surface area (Å²) in [6, 6.07) is 0. The molecule has 0 saturated carbocycles. The van der Waals surface area contributed by atoms with Crippen LogP contribution >= 0.6 is 0 Å². The van der Waals surface area contributed by atoms with E-state index in [-0.39, 0.29) is 5.69 Å². The molecular weight excluding hydrogens is 210 g/mol. The topological polar surface area (TPSA) is 87.2 Å². The van der Waals surface area contributed by atoms with Crippen LogP contribution < -0.4 is 5.73 Å². The van der Waals surface area contributed by atoms with Gasteiger partial charge in [-0.1, -0.05) is 0 Å². The number of hydrogen-bond donors (Lipinski definition) is 1. The van der Waals surface area contributed by atoms with Crippen molar-refractivity contribution >= 4 is 12.3 Å². The number of rotatable bonds is 3. The van der Waals surface area contributed by atoms with Gasteiger partial charge in [-0.15, -0.1) is 0 Å². The van der Waals surface area contributed by atoms with Gasteiger partial charge < -0.3 is 15.0 Å². The maximum atomic E-state index is 11.6. The number of imidazole rings is 1. The lowest BCUT2D eigenvalue weighted by atomic mass is 10.2. The van der Waals surface area contributed by atoms with Gasteiger partial charge in [0.25, 0.3) is 0 Å². The number of esters is 1. The zero-order valence-corrected chi connectivity index (χ0v) is 9.51. The summed E-state index contributed by atoms with van der Waals surface area (Å²) in [5.74, 6) is -0.567. The quantitative estimate of drug-likeness (QED) is 0.597. The molecular formula is C10H15N3O3. The van der Waals surface area contributed by atoms with Crippen LogP contribution in [-0.4, -0.2) is 27.4 Å². The van der Waals surface area contributed by atoms with E-state index in [0.717, 1.165) is 0 Å². The van der Waals surface area contributed by atoms with Gasteiger partial charge in [-0.25, -0.2) is 9.78 Å². The molecule has 0 aliphatic rings. The number of carbonyl (C=O) groups is 2. The number of aldehydes is 1. The minimum Gasteiger partial charge on any atom is -0.457 e. The highest BCUT2D eigenvalue weighted by Crippen LogP contribution is 2.11. The van der Waals surface area contributed by atoms with Crippen molar-refractivity contribution in [3.63, 3.8) is 0 Å². The predicted molar refractivity (Wildman–Crippen MR) is 56.7 cm³/mol. The van der Waals surface area contributed by atoms with Crippen LogP contribution in [0.25, 0.3) is 0 Å². The first kappa shape index (κ1) is 12.4. The third kappa shape index (κ3) is 3.16. The summed E-state index contributed by atoms with van der Waals surface area (Å²) < 4.78 is 6.43. The Morgan fingerprint density at radius 3 is 2.69 bits per heavy atom. The van der Waals surface area contributed by atoms with Crippen molar-refractivity contribution in [3.8, 4) is 0 Å². The molecule has 0 aliphatic heterocycles. The van der Waals surface area contributed by atoms with Crippen molar-refractivity contribution in [2.45, 2.75) is 32.5 Å². The molecule has 1 aromatic rings. The van der Waals surface area contributed by atoms with Gasteiger partial charge in [0.05, 0.1) is 6.33 Å². The number of carbonyl (C=O) groups excluding carboxylic acids is 2. The molecule has 0 amide bonds. The highest BCUT2D eigenvalue weighted by atomic mass is 16.6. The summed E-state index contributed by atoms with van der Waals surface area (Å²) in [5.41, 5.74) is 5.27. The molecule has 0 aliphatic carbocycles. The fourth-order valence-electron chi connectivity index (χ4n) is 1.05. The minimum atomic E-state index is -0.986. The summed E-state index contributed by atoms with van der Waals surface area (Å²) in [5, 5.41) is 0. The molecule has 0 spiro atoms. The monoisotopic (exact) mass is 225 g/mol. The lowest BCUT2D eigenvalue weighted by Gasteiger charge is -2.22. The Bertz CT molecular complexity index is 392. The molecule has 0 radical (unpaired) electrons. The summed E-state index contributed by atoms with van der Waals surface area (Å²) in [6.07, 6.45) is 2.30. The highest BCUT2D eigenvalue weighted by Gasteiger charge is 2.23. The predicted octanol–water partition coefficient (Wildman–Crippen LogP) is 0.495. The molecule has 6 heteroatoms. The number of ether oxygens (including phenoxy) is 1. The Kier molecular flexibility index (Phi) is 3.44. The molecule has 0 saturated heterocycles. The van der Waals surface area contributed by atoms with Crippen molar-refractivity contribution in [3.05, 3.63) is 18.2 Å². The second kappa shape index (κ2) is 4.44. The van der Waals surface area contributed by atoms with Gasteiger partial charge in [-0.05, 0) is 20.8 Å². The van der Waals surface area contributed by atoms with E-state index in [1.165, 1.54) is 17.1 Å². The number of nitrogens with zero attached hydrogens (tertiary/aromatic N) is 2. The van der Waals surface area contributed by atoms with Gasteiger partial charge in [0.1, 0.15) is 11.3 Å². The highest BCUT2D eigenvalue weighted by molar-refractivity contribution is 5.75. The fourth-order valence-corrected chi connectivity index (χ4v) is 1.05. The van der Waals surface area contributed by atoms with Gasteiger partial charge in [0, 0.05) is 6.20 Å². The Hall–Kier alpha value is -1.69. The standard InChI is InChI=1S/C10H15N3O3/c1-10(2,3)16-9(15)8(11)13-4-7(5-14)12-6-13/h4-6,8H,11H2,1-3H3. The summed E-state index contributed by atoms with van der Waals surface area (Å²) in [7, 11) is 0. The van der Waals surface area contributed by atoms with E-state index in [1.807, 2.05) is 0 Å². The van der Waals surface area contributed by atoms with Crippen LogP contribution in [0.2, 0.25) is 0 Å². The van der Waals surface area contributed by atoms with Gasteiger partial charge in [-0.2, -0.15) is 0 Å². The lowest BCUT2D eigenvalue weighted by molar-refractivity contribution is -0.158. The summed E-state index contributed by atoms with van der Waals surface area (Å²) >= 11 is 0. The number of aromatic nitrogens is 2. The molecule has 0 bridgehead atoms. The van der Waals surface area contributed by atoms with E-state index < -0.39 is 17.7 Å². The average molecular weight is 225 g/mol. The first-order valence-electron chi connectivity index (χ1n) is 4.80. The third-order valence-electron chi connectivity index (χ3n) is 1.71. The second-order valence-corrected chi connectivity index (χ2v) is 4.34. The van der Waals surface area contributed by atoms with Crippen molar-refractivity contribution in [1.82, 2.24) is 9.55 Å². The van der Waals surface area contributed by atoms with Crippen molar-refractivity contribution in [2.24, 2.45) is 5.73 Å². The fraction of sp³-hybridized carbons (Fsp3) is 0.500. The smallest absolute Gasteiger partial charge is 0.344 e. The second-order valence-electron chi connectivity index (χ2n) is 4.34. The molecule has 16 heavy (non-hydrogen) atoms. The van der Waals surface area contributed by atoms with Gasteiger partial charge in [0.2, 0.25) is 0 Å². The molecule has 0 aromatic carbocycles. The van der Waals surface area contributed by atoms with E-state index in [4.69, 9.17) is 10.5 Å².